The summed E-state index contributed by atoms with van der Waals surface area (Å²) < 4.78 is 40.2. The van der Waals surface area contributed by atoms with Crippen molar-refractivity contribution in [1.29, 1.82) is 0 Å². The van der Waals surface area contributed by atoms with Crippen LogP contribution in [0.1, 0.15) is 25.8 Å². The molecule has 0 aromatic heterocycles. The van der Waals surface area contributed by atoms with Crippen LogP contribution in [-0.4, -0.2) is 33.7 Å². The van der Waals surface area contributed by atoms with Gasteiger partial charge in [-0.3, -0.25) is 0 Å². The quantitative estimate of drug-likeness (QED) is 0.456. The van der Waals surface area contributed by atoms with Crippen LogP contribution in [0, 0.1) is 0 Å². The van der Waals surface area contributed by atoms with Crippen LogP contribution in [0.4, 0.5) is 0 Å². The molecule has 7 heteroatoms. The van der Waals surface area contributed by atoms with Gasteiger partial charge in [-0.15, -0.1) is 0 Å². The fourth-order valence-corrected chi connectivity index (χ4v) is 3.31. The standard InChI is InChI=1S/C20H24O6S/c1-3-14-25-19(20(21)24-4-2)15-16-10-12-17(13-11-16)26-27(22,23)18-8-6-5-7-9-18/h5-13,19H,3-4,14-15H2,1-2H3/t19-/m0/s1. The topological polar surface area (TPSA) is 78.9 Å². The molecule has 1 atom stereocenters. The van der Waals surface area contributed by atoms with Gasteiger partial charge in [-0.2, -0.15) is 8.42 Å². The van der Waals surface area contributed by atoms with Crippen LogP contribution >= 0.6 is 0 Å². The number of carbonyl (C=O) groups is 1. The number of ether oxygens (including phenoxy) is 2. The summed E-state index contributed by atoms with van der Waals surface area (Å²) in [5.74, 6) is -0.206. The molecule has 0 bridgehead atoms. The molecule has 0 radical (unpaired) electrons. The number of esters is 1. The van der Waals surface area contributed by atoms with E-state index in [1.54, 1.807) is 49.4 Å². The van der Waals surface area contributed by atoms with Gasteiger partial charge in [-0.1, -0.05) is 37.3 Å². The fourth-order valence-electron chi connectivity index (χ4n) is 2.36. The van der Waals surface area contributed by atoms with E-state index in [-0.39, 0.29) is 17.3 Å². The van der Waals surface area contributed by atoms with E-state index < -0.39 is 22.2 Å². The molecule has 0 aliphatic carbocycles. The average Bonchev–Trinajstić information content (AvgIpc) is 2.67. The van der Waals surface area contributed by atoms with Crippen LogP contribution in [0.2, 0.25) is 0 Å². The summed E-state index contributed by atoms with van der Waals surface area (Å²) in [7, 11) is -3.88. The van der Waals surface area contributed by atoms with Gasteiger partial charge in [0.2, 0.25) is 0 Å². The van der Waals surface area contributed by atoms with Crippen LogP contribution < -0.4 is 4.18 Å². The summed E-state index contributed by atoms with van der Waals surface area (Å²) in [4.78, 5) is 12.1. The highest BCUT2D eigenvalue weighted by Crippen LogP contribution is 2.20. The summed E-state index contributed by atoms with van der Waals surface area (Å²) in [5.41, 5.74) is 0.814. The van der Waals surface area contributed by atoms with Gasteiger partial charge in [0.25, 0.3) is 0 Å². The van der Waals surface area contributed by atoms with Crippen molar-refractivity contribution in [2.45, 2.75) is 37.7 Å². The lowest BCUT2D eigenvalue weighted by Gasteiger charge is -2.16. The monoisotopic (exact) mass is 392 g/mol. The summed E-state index contributed by atoms with van der Waals surface area (Å²) in [6.45, 7) is 4.45. The first-order valence-corrected chi connectivity index (χ1v) is 10.2. The third kappa shape index (κ3) is 6.37. The Balaban J connectivity index is 2.06. The number of hydrogen-bond donors (Lipinski definition) is 0. The molecule has 0 aliphatic heterocycles. The lowest BCUT2D eigenvalue weighted by atomic mass is 10.1. The molecule has 0 amide bonds. The smallest absolute Gasteiger partial charge is 0.339 e. The normalized spacial score (nSPS) is 12.4. The van der Waals surface area contributed by atoms with E-state index in [1.165, 1.54) is 12.1 Å². The summed E-state index contributed by atoms with van der Waals surface area (Å²) in [5, 5.41) is 0. The van der Waals surface area contributed by atoms with Crippen molar-refractivity contribution in [3.8, 4) is 5.75 Å². The number of rotatable bonds is 10. The van der Waals surface area contributed by atoms with E-state index in [4.69, 9.17) is 13.7 Å². The van der Waals surface area contributed by atoms with E-state index in [2.05, 4.69) is 0 Å². The maximum atomic E-state index is 12.2. The zero-order chi connectivity index (χ0) is 19.7. The lowest BCUT2D eigenvalue weighted by molar-refractivity contribution is -0.156. The van der Waals surface area contributed by atoms with Crippen molar-refractivity contribution < 1.29 is 26.9 Å². The zero-order valence-corrected chi connectivity index (χ0v) is 16.3. The largest absolute Gasteiger partial charge is 0.464 e. The number of carbonyl (C=O) groups excluding carboxylic acids is 1. The maximum absolute atomic E-state index is 12.2. The second kappa shape index (κ2) is 10.1. The molecule has 0 saturated carbocycles. The summed E-state index contributed by atoms with van der Waals surface area (Å²) in [6.07, 6.45) is 0.439. The average molecular weight is 392 g/mol. The van der Waals surface area contributed by atoms with Gasteiger partial charge < -0.3 is 13.7 Å². The van der Waals surface area contributed by atoms with Crippen molar-refractivity contribution in [2.24, 2.45) is 0 Å². The molecule has 6 nitrogen and oxygen atoms in total. The highest BCUT2D eigenvalue weighted by molar-refractivity contribution is 7.87. The Labute approximate surface area is 160 Å². The third-order valence-corrected chi connectivity index (χ3v) is 4.92. The molecule has 0 saturated heterocycles. The van der Waals surface area contributed by atoms with Crippen LogP contribution in [0.3, 0.4) is 0 Å². The second-order valence-corrected chi connectivity index (χ2v) is 7.36. The molecule has 0 N–H and O–H groups in total. The Kier molecular flexibility index (Phi) is 7.82. The first-order valence-electron chi connectivity index (χ1n) is 8.83. The van der Waals surface area contributed by atoms with Gasteiger partial charge in [-0.05, 0) is 43.2 Å². The fraction of sp³-hybridized carbons (Fsp3) is 0.350. The molecular formula is C20H24O6S. The lowest BCUT2D eigenvalue weighted by Crippen LogP contribution is -2.29. The molecule has 0 aliphatic rings. The minimum atomic E-state index is -3.88. The molecule has 2 aromatic rings. The SMILES string of the molecule is CCCO[C@@H](Cc1ccc(OS(=O)(=O)c2ccccc2)cc1)C(=O)OCC. The zero-order valence-electron chi connectivity index (χ0n) is 15.5. The minimum Gasteiger partial charge on any atom is -0.464 e. The molecular weight excluding hydrogens is 368 g/mol. The van der Waals surface area contributed by atoms with Crippen LogP contribution in [0.15, 0.2) is 59.5 Å². The molecule has 0 spiro atoms. The van der Waals surface area contributed by atoms with E-state index in [0.717, 1.165) is 12.0 Å². The van der Waals surface area contributed by atoms with Gasteiger partial charge in [0, 0.05) is 13.0 Å². The van der Waals surface area contributed by atoms with E-state index >= 15 is 0 Å². The Morgan fingerprint density at radius 3 is 2.26 bits per heavy atom. The van der Waals surface area contributed by atoms with E-state index in [0.29, 0.717) is 13.0 Å². The molecule has 27 heavy (non-hydrogen) atoms. The Morgan fingerprint density at radius 1 is 1.00 bits per heavy atom. The number of benzene rings is 2. The van der Waals surface area contributed by atoms with Crippen molar-refractivity contribution in [1.82, 2.24) is 0 Å². The van der Waals surface area contributed by atoms with Crippen molar-refractivity contribution in [2.75, 3.05) is 13.2 Å². The molecule has 0 fully saturated rings. The molecule has 2 aromatic carbocycles. The second-order valence-electron chi connectivity index (χ2n) is 5.81. The van der Waals surface area contributed by atoms with Crippen molar-refractivity contribution >= 4 is 16.1 Å². The van der Waals surface area contributed by atoms with Crippen LogP contribution in [0.25, 0.3) is 0 Å². The first kappa shape index (κ1) is 20.9. The molecule has 0 heterocycles. The molecule has 146 valence electrons. The predicted molar refractivity (Wildman–Crippen MR) is 101 cm³/mol. The van der Waals surface area contributed by atoms with Gasteiger partial charge >= 0.3 is 16.1 Å². The van der Waals surface area contributed by atoms with Gasteiger partial charge in [0.1, 0.15) is 10.6 Å². The Bertz CT molecular complexity index is 815. The summed E-state index contributed by atoms with van der Waals surface area (Å²) >= 11 is 0. The minimum absolute atomic E-state index is 0.0874. The van der Waals surface area contributed by atoms with Crippen molar-refractivity contribution in [3.05, 3.63) is 60.2 Å². The predicted octanol–water partition coefficient (Wildman–Crippen LogP) is 3.36. The van der Waals surface area contributed by atoms with Gasteiger partial charge in [-0.25, -0.2) is 4.79 Å². The van der Waals surface area contributed by atoms with Gasteiger partial charge in [0.05, 0.1) is 6.61 Å². The Hall–Kier alpha value is -2.38. The van der Waals surface area contributed by atoms with Crippen molar-refractivity contribution in [3.63, 3.8) is 0 Å². The number of hydrogen-bond acceptors (Lipinski definition) is 6. The Morgan fingerprint density at radius 2 is 1.67 bits per heavy atom. The molecule has 0 unspecified atom stereocenters. The highest BCUT2D eigenvalue weighted by Gasteiger charge is 2.21. The van der Waals surface area contributed by atoms with Crippen LogP contribution in [-0.2, 0) is 30.8 Å². The highest BCUT2D eigenvalue weighted by atomic mass is 32.2. The van der Waals surface area contributed by atoms with Crippen LogP contribution in [0.5, 0.6) is 5.75 Å². The molecule has 2 rings (SSSR count). The van der Waals surface area contributed by atoms with E-state index in [1.807, 2.05) is 6.92 Å². The summed E-state index contributed by atoms with van der Waals surface area (Å²) in [6, 6.07) is 14.5. The third-order valence-electron chi connectivity index (χ3n) is 3.65. The maximum Gasteiger partial charge on any atom is 0.339 e. The van der Waals surface area contributed by atoms with E-state index in [9.17, 15) is 13.2 Å². The van der Waals surface area contributed by atoms with Gasteiger partial charge in [0.15, 0.2) is 6.10 Å². The first-order chi connectivity index (χ1) is 13.0.